The molecule has 6 nitrogen and oxygen atoms in total. The van der Waals surface area contributed by atoms with Crippen molar-refractivity contribution in [2.75, 3.05) is 6.54 Å². The third-order valence-corrected chi connectivity index (χ3v) is 4.37. The molecule has 0 bridgehead atoms. The molecule has 6 heteroatoms. The molecule has 3 aromatic rings. The van der Waals surface area contributed by atoms with E-state index in [0.717, 1.165) is 16.7 Å². The number of furan rings is 1. The standard InChI is InChI=1S/C23H24N2O4/c1-17-21(10-11-29-17)23(27)25-14-22(26)24-13-19-8-5-9-20(12-19)16-28-15-18-6-3-2-4-7-18/h2-12H,13-16H2,1H3,(H,24,26)(H,25,27). The molecule has 0 saturated carbocycles. The van der Waals surface area contributed by atoms with Crippen LogP contribution in [0.4, 0.5) is 0 Å². The topological polar surface area (TPSA) is 80.6 Å². The number of carbonyl (C=O) groups excluding carboxylic acids is 2. The molecule has 0 aliphatic carbocycles. The maximum Gasteiger partial charge on any atom is 0.255 e. The molecule has 0 saturated heterocycles. The van der Waals surface area contributed by atoms with Crippen molar-refractivity contribution in [2.24, 2.45) is 0 Å². The second-order valence-corrected chi connectivity index (χ2v) is 6.65. The Morgan fingerprint density at radius 3 is 2.38 bits per heavy atom. The molecule has 1 aromatic heterocycles. The van der Waals surface area contributed by atoms with Crippen LogP contribution in [0.3, 0.4) is 0 Å². The first-order valence-electron chi connectivity index (χ1n) is 9.40. The summed E-state index contributed by atoms with van der Waals surface area (Å²) in [5.41, 5.74) is 3.57. The molecule has 0 aliphatic rings. The number of hydrogen-bond donors (Lipinski definition) is 2. The minimum Gasteiger partial charge on any atom is -0.469 e. The molecule has 0 radical (unpaired) electrons. The molecule has 0 fully saturated rings. The summed E-state index contributed by atoms with van der Waals surface area (Å²) in [6, 6.07) is 19.4. The fourth-order valence-corrected chi connectivity index (χ4v) is 2.83. The van der Waals surface area contributed by atoms with E-state index in [4.69, 9.17) is 9.15 Å². The van der Waals surface area contributed by atoms with Gasteiger partial charge in [-0.25, -0.2) is 0 Å². The first kappa shape index (κ1) is 20.4. The highest BCUT2D eigenvalue weighted by Gasteiger charge is 2.12. The Morgan fingerprint density at radius 2 is 1.62 bits per heavy atom. The third-order valence-electron chi connectivity index (χ3n) is 4.37. The zero-order valence-electron chi connectivity index (χ0n) is 16.3. The predicted octanol–water partition coefficient (Wildman–Crippen LogP) is 3.35. The van der Waals surface area contributed by atoms with E-state index in [-0.39, 0.29) is 18.4 Å². The molecule has 0 aliphatic heterocycles. The largest absolute Gasteiger partial charge is 0.469 e. The van der Waals surface area contributed by atoms with Crippen LogP contribution >= 0.6 is 0 Å². The summed E-state index contributed by atoms with van der Waals surface area (Å²) in [5, 5.41) is 5.39. The Balaban J connectivity index is 1.41. The molecular weight excluding hydrogens is 368 g/mol. The van der Waals surface area contributed by atoms with E-state index in [2.05, 4.69) is 10.6 Å². The zero-order valence-corrected chi connectivity index (χ0v) is 16.3. The maximum absolute atomic E-state index is 12.0. The van der Waals surface area contributed by atoms with Gasteiger partial charge in [0.05, 0.1) is 31.6 Å². The molecule has 0 unspecified atom stereocenters. The summed E-state index contributed by atoms with van der Waals surface area (Å²) in [5.74, 6) is -0.0663. The fraction of sp³-hybridized carbons (Fsp3) is 0.217. The smallest absolute Gasteiger partial charge is 0.255 e. The van der Waals surface area contributed by atoms with E-state index in [1.807, 2.05) is 54.6 Å². The van der Waals surface area contributed by atoms with Gasteiger partial charge in [0.2, 0.25) is 5.91 Å². The molecule has 2 amide bonds. The fourth-order valence-electron chi connectivity index (χ4n) is 2.83. The van der Waals surface area contributed by atoms with Gasteiger partial charge in [-0.2, -0.15) is 0 Å². The van der Waals surface area contributed by atoms with E-state index >= 15 is 0 Å². The predicted molar refractivity (Wildman–Crippen MR) is 109 cm³/mol. The van der Waals surface area contributed by atoms with Gasteiger partial charge < -0.3 is 19.8 Å². The molecular formula is C23H24N2O4. The summed E-state index contributed by atoms with van der Waals surface area (Å²) in [6.45, 7) is 3.04. The number of carbonyl (C=O) groups is 2. The maximum atomic E-state index is 12.0. The lowest BCUT2D eigenvalue weighted by molar-refractivity contribution is -0.120. The van der Waals surface area contributed by atoms with Gasteiger partial charge in [0, 0.05) is 6.54 Å². The molecule has 1 heterocycles. The monoisotopic (exact) mass is 392 g/mol. The van der Waals surface area contributed by atoms with Crippen LogP contribution in [0, 0.1) is 6.92 Å². The minimum atomic E-state index is -0.330. The van der Waals surface area contributed by atoms with Crippen molar-refractivity contribution in [1.82, 2.24) is 10.6 Å². The Kier molecular flexibility index (Phi) is 7.19. The summed E-state index contributed by atoms with van der Waals surface area (Å²) >= 11 is 0. The van der Waals surface area contributed by atoms with Crippen LogP contribution < -0.4 is 10.6 Å². The lowest BCUT2D eigenvalue weighted by atomic mass is 10.1. The van der Waals surface area contributed by atoms with Gasteiger partial charge in [-0.3, -0.25) is 9.59 Å². The van der Waals surface area contributed by atoms with Crippen molar-refractivity contribution in [1.29, 1.82) is 0 Å². The first-order valence-corrected chi connectivity index (χ1v) is 9.40. The van der Waals surface area contributed by atoms with Gasteiger partial charge in [-0.15, -0.1) is 0 Å². The molecule has 2 N–H and O–H groups in total. The van der Waals surface area contributed by atoms with Crippen LogP contribution in [0.15, 0.2) is 71.3 Å². The number of nitrogens with one attached hydrogen (secondary N) is 2. The number of hydrogen-bond acceptors (Lipinski definition) is 4. The van der Waals surface area contributed by atoms with Crippen molar-refractivity contribution in [3.05, 3.63) is 94.9 Å². The van der Waals surface area contributed by atoms with E-state index in [9.17, 15) is 9.59 Å². The third kappa shape index (κ3) is 6.33. The summed E-state index contributed by atoms with van der Waals surface area (Å²) in [6.07, 6.45) is 1.45. The second-order valence-electron chi connectivity index (χ2n) is 6.65. The van der Waals surface area contributed by atoms with Crippen molar-refractivity contribution in [3.63, 3.8) is 0 Å². The van der Waals surface area contributed by atoms with Gasteiger partial charge in [-0.1, -0.05) is 54.6 Å². The molecule has 0 atom stereocenters. The Bertz CT molecular complexity index is 950. The number of aryl methyl sites for hydroxylation is 1. The quantitative estimate of drug-likeness (QED) is 0.585. The normalized spacial score (nSPS) is 10.5. The van der Waals surface area contributed by atoms with Crippen molar-refractivity contribution >= 4 is 11.8 Å². The number of rotatable bonds is 9. The summed E-state index contributed by atoms with van der Waals surface area (Å²) in [4.78, 5) is 24.0. The van der Waals surface area contributed by atoms with E-state index in [0.29, 0.717) is 31.1 Å². The van der Waals surface area contributed by atoms with Crippen molar-refractivity contribution < 1.29 is 18.7 Å². The average Bonchev–Trinajstić information content (AvgIpc) is 3.17. The highest BCUT2D eigenvalue weighted by Crippen LogP contribution is 2.09. The van der Waals surface area contributed by atoms with Crippen molar-refractivity contribution in [2.45, 2.75) is 26.7 Å². The van der Waals surface area contributed by atoms with Crippen LogP contribution in [0.2, 0.25) is 0 Å². The Morgan fingerprint density at radius 1 is 0.897 bits per heavy atom. The van der Waals surface area contributed by atoms with Gasteiger partial charge in [-0.05, 0) is 29.7 Å². The second kappa shape index (κ2) is 10.2. The van der Waals surface area contributed by atoms with Crippen molar-refractivity contribution in [3.8, 4) is 0 Å². The Hall–Kier alpha value is -3.38. The van der Waals surface area contributed by atoms with Crippen LogP contribution in [0.1, 0.15) is 32.8 Å². The lowest BCUT2D eigenvalue weighted by Crippen LogP contribution is -2.36. The summed E-state index contributed by atoms with van der Waals surface area (Å²) < 4.78 is 10.8. The number of amides is 2. The first-order chi connectivity index (χ1) is 14.1. The van der Waals surface area contributed by atoms with E-state index in [1.165, 1.54) is 6.26 Å². The molecule has 2 aromatic carbocycles. The van der Waals surface area contributed by atoms with Crippen LogP contribution in [-0.2, 0) is 29.3 Å². The van der Waals surface area contributed by atoms with Gasteiger partial charge in [0.15, 0.2) is 0 Å². The van der Waals surface area contributed by atoms with E-state index in [1.54, 1.807) is 13.0 Å². The number of benzene rings is 2. The molecule has 150 valence electrons. The average molecular weight is 392 g/mol. The molecule has 29 heavy (non-hydrogen) atoms. The van der Waals surface area contributed by atoms with Crippen LogP contribution in [0.25, 0.3) is 0 Å². The highest BCUT2D eigenvalue weighted by molar-refractivity contribution is 5.97. The highest BCUT2D eigenvalue weighted by atomic mass is 16.5. The number of ether oxygens (including phenoxy) is 1. The zero-order chi connectivity index (χ0) is 20.5. The minimum absolute atomic E-state index is 0.0939. The van der Waals surface area contributed by atoms with E-state index < -0.39 is 0 Å². The Labute approximate surface area is 169 Å². The van der Waals surface area contributed by atoms with Gasteiger partial charge in [0.1, 0.15) is 5.76 Å². The van der Waals surface area contributed by atoms with Crippen LogP contribution in [-0.4, -0.2) is 18.4 Å². The van der Waals surface area contributed by atoms with Gasteiger partial charge in [0.25, 0.3) is 5.91 Å². The summed E-state index contributed by atoms with van der Waals surface area (Å²) in [7, 11) is 0. The molecule has 0 spiro atoms. The molecule has 3 rings (SSSR count). The SMILES string of the molecule is Cc1occc1C(=O)NCC(=O)NCc1cccc(COCc2ccccc2)c1. The van der Waals surface area contributed by atoms with Gasteiger partial charge >= 0.3 is 0 Å². The lowest BCUT2D eigenvalue weighted by Gasteiger charge is -2.09. The van der Waals surface area contributed by atoms with Crippen LogP contribution in [0.5, 0.6) is 0 Å².